The normalized spacial score (nSPS) is 16.2. The van der Waals surface area contributed by atoms with E-state index < -0.39 is 17.4 Å². The van der Waals surface area contributed by atoms with E-state index in [-0.39, 0.29) is 6.17 Å². The van der Waals surface area contributed by atoms with Crippen LogP contribution in [-0.4, -0.2) is 30.0 Å². The monoisotopic (exact) mass is 556 g/mol. The van der Waals surface area contributed by atoms with Gasteiger partial charge in [0, 0.05) is 6.20 Å². The van der Waals surface area contributed by atoms with Crippen LogP contribution in [0.3, 0.4) is 0 Å². The van der Waals surface area contributed by atoms with Crippen molar-refractivity contribution in [2.24, 2.45) is 5.73 Å². The lowest BCUT2D eigenvalue weighted by atomic mass is 9.81. The summed E-state index contributed by atoms with van der Waals surface area (Å²) in [7, 11) is 1.71. The van der Waals surface area contributed by atoms with Gasteiger partial charge in [-0.05, 0) is 78.8 Å². The van der Waals surface area contributed by atoms with Crippen LogP contribution in [0.1, 0.15) is 50.6 Å². The molecule has 0 saturated heterocycles. The Hall–Kier alpha value is -3.94. The maximum absolute atomic E-state index is 10.4. The van der Waals surface area contributed by atoms with Gasteiger partial charge in [-0.15, -0.1) is 0 Å². The minimum atomic E-state index is -0.986. The molecule has 0 fully saturated rings. The fourth-order valence-corrected chi connectivity index (χ4v) is 4.71. The van der Waals surface area contributed by atoms with Gasteiger partial charge in [-0.2, -0.15) is 0 Å². The second kappa shape index (κ2) is 12.5. The molecule has 0 aromatic heterocycles. The summed E-state index contributed by atoms with van der Waals surface area (Å²) in [5.74, 6) is 0. The van der Waals surface area contributed by atoms with Gasteiger partial charge < -0.3 is 20.8 Å². The molecule has 0 amide bonds. The van der Waals surface area contributed by atoms with Gasteiger partial charge in [0.05, 0.1) is 17.4 Å². The molecule has 0 spiro atoms. The van der Waals surface area contributed by atoms with E-state index >= 15 is 0 Å². The molecule has 213 valence electrons. The Labute approximate surface area is 250 Å². The van der Waals surface area contributed by atoms with Gasteiger partial charge >= 0.3 is 7.48 Å². The number of rotatable bonds is 10. The minimum absolute atomic E-state index is 0.173. The van der Waals surface area contributed by atoms with Gasteiger partial charge in [0.25, 0.3) is 0 Å². The summed E-state index contributed by atoms with van der Waals surface area (Å²) in [5, 5.41) is 17.6. The zero-order valence-electron chi connectivity index (χ0n) is 24.7. The van der Waals surface area contributed by atoms with Crippen molar-refractivity contribution in [1.82, 2.24) is 10.6 Å². The molecule has 2 atom stereocenters. The topological polar surface area (TPSA) is 79.5 Å². The van der Waals surface area contributed by atoms with Crippen molar-refractivity contribution in [3.8, 4) is 11.1 Å². The van der Waals surface area contributed by atoms with Crippen molar-refractivity contribution in [2.45, 2.75) is 51.2 Å². The molecule has 5 N–H and O–H groups in total. The van der Waals surface area contributed by atoms with Crippen LogP contribution in [0.25, 0.3) is 22.3 Å². The number of allylic oxidation sites excluding steroid dienone is 2. The molecule has 1 aliphatic heterocycles. The minimum Gasteiger partial charge on any atom is -0.427 e. The van der Waals surface area contributed by atoms with Crippen LogP contribution in [0, 0.1) is 0 Å². The fourth-order valence-electron chi connectivity index (χ4n) is 4.71. The van der Waals surface area contributed by atoms with E-state index in [0.717, 1.165) is 44.4 Å². The Balaban J connectivity index is 1.34. The Morgan fingerprint density at radius 2 is 1.38 bits per heavy atom. The molecule has 1 radical (unpaired) electrons. The molecule has 4 aromatic rings. The highest BCUT2D eigenvalue weighted by molar-refractivity contribution is 6.47. The van der Waals surface area contributed by atoms with Gasteiger partial charge in [0.2, 0.25) is 0 Å². The number of dihydropyridines is 1. The summed E-state index contributed by atoms with van der Waals surface area (Å²) in [6, 6.07) is 37.2. The lowest BCUT2D eigenvalue weighted by Crippen LogP contribution is -2.49. The van der Waals surface area contributed by atoms with Crippen LogP contribution in [-0.2, 0) is 4.65 Å². The Morgan fingerprint density at radius 3 is 2.05 bits per heavy atom. The van der Waals surface area contributed by atoms with Gasteiger partial charge in [0.1, 0.15) is 6.17 Å². The van der Waals surface area contributed by atoms with Gasteiger partial charge in [-0.3, -0.25) is 5.32 Å². The highest BCUT2D eigenvalue weighted by atomic mass is 16.5. The molecule has 0 aliphatic carbocycles. The van der Waals surface area contributed by atoms with Crippen LogP contribution in [0.2, 0.25) is 0 Å². The van der Waals surface area contributed by atoms with Gasteiger partial charge in [0.15, 0.2) is 0 Å². The summed E-state index contributed by atoms with van der Waals surface area (Å²) >= 11 is 0. The average Bonchev–Trinajstić information content (AvgIpc) is 3.01. The van der Waals surface area contributed by atoms with E-state index in [1.54, 1.807) is 21.3 Å². The third-order valence-corrected chi connectivity index (χ3v) is 8.02. The highest BCUT2D eigenvalue weighted by Gasteiger charge is 2.35. The highest BCUT2D eigenvalue weighted by Crippen LogP contribution is 2.29. The second-order valence-electron chi connectivity index (χ2n) is 11.7. The molecule has 4 aromatic carbocycles. The maximum atomic E-state index is 10.4. The van der Waals surface area contributed by atoms with Crippen LogP contribution < -0.4 is 21.8 Å². The summed E-state index contributed by atoms with van der Waals surface area (Å²) in [5.41, 5.74) is 13.6. The van der Waals surface area contributed by atoms with Crippen LogP contribution >= 0.6 is 0 Å². The Kier molecular flexibility index (Phi) is 8.81. The summed E-state index contributed by atoms with van der Waals surface area (Å²) in [6.45, 7) is 7.26. The van der Waals surface area contributed by atoms with E-state index in [1.807, 2.05) is 56.4 Å². The number of aliphatic hydroxyl groups is 1. The first kappa shape index (κ1) is 29.6. The Morgan fingerprint density at radius 1 is 0.786 bits per heavy atom. The van der Waals surface area contributed by atoms with E-state index in [4.69, 9.17) is 10.4 Å². The molecule has 42 heavy (non-hydrogen) atoms. The molecule has 1 heterocycles. The fraction of sp³-hybridized carbons (Fsp3) is 0.222. The zero-order valence-corrected chi connectivity index (χ0v) is 24.7. The number of hydrogen-bond donors (Lipinski definition) is 4. The zero-order chi connectivity index (χ0) is 29.7. The van der Waals surface area contributed by atoms with Crippen molar-refractivity contribution in [1.29, 1.82) is 0 Å². The van der Waals surface area contributed by atoms with Crippen molar-refractivity contribution < 1.29 is 9.76 Å². The molecule has 1 aliphatic rings. The number of benzene rings is 4. The van der Waals surface area contributed by atoms with Crippen molar-refractivity contribution in [2.75, 3.05) is 0 Å². The molecule has 0 saturated carbocycles. The second-order valence-corrected chi connectivity index (χ2v) is 11.7. The number of hydrogen-bond acceptors (Lipinski definition) is 5. The van der Waals surface area contributed by atoms with Gasteiger partial charge in [-0.1, -0.05) is 109 Å². The molecule has 6 heteroatoms. The lowest BCUT2D eigenvalue weighted by molar-refractivity contribution is -0.0893. The predicted molar refractivity (Wildman–Crippen MR) is 175 cm³/mol. The third kappa shape index (κ3) is 6.92. The quantitative estimate of drug-likeness (QED) is 0.148. The molecule has 2 unspecified atom stereocenters. The van der Waals surface area contributed by atoms with E-state index in [9.17, 15) is 5.11 Å². The number of nitrogens with two attached hydrogens (primary N) is 1. The first-order valence-corrected chi connectivity index (χ1v) is 14.3. The van der Waals surface area contributed by atoms with E-state index in [2.05, 4.69) is 89.5 Å². The van der Waals surface area contributed by atoms with E-state index in [1.165, 1.54) is 0 Å². The molecule has 5 rings (SSSR count). The maximum Gasteiger partial charge on any atom is 0.330 e. The smallest absolute Gasteiger partial charge is 0.330 e. The third-order valence-electron chi connectivity index (χ3n) is 8.02. The van der Waals surface area contributed by atoms with E-state index in [0.29, 0.717) is 0 Å². The summed E-state index contributed by atoms with van der Waals surface area (Å²) in [6.07, 6.45) is 3.69. The average molecular weight is 557 g/mol. The van der Waals surface area contributed by atoms with Crippen molar-refractivity contribution >= 4 is 24.1 Å². The molecular formula is C36H39BN3O2. The van der Waals surface area contributed by atoms with Crippen LogP contribution in [0.5, 0.6) is 0 Å². The van der Waals surface area contributed by atoms with Gasteiger partial charge in [-0.25, -0.2) is 0 Å². The summed E-state index contributed by atoms with van der Waals surface area (Å²) < 4.78 is 5.98. The summed E-state index contributed by atoms with van der Waals surface area (Å²) in [4.78, 5) is 0. The molecular weight excluding hydrogens is 517 g/mol. The first-order chi connectivity index (χ1) is 20.1. The first-order valence-electron chi connectivity index (χ1n) is 14.3. The Bertz CT molecular complexity index is 1560. The number of nitrogens with one attached hydrogen (secondary N) is 2. The standard InChI is InChI=1S/C36H39BN3O2/c1-35(2,41)36(3,4)42-37-31-20-12-18-28(22-31)27-17-11-19-29(21-27)33(38)40-34-32(26-15-9-6-10-16-26)23-30(24-39-34)25-13-7-5-8-14-25/h5-24,33-34,39-41H,38H2,1-4H3. The van der Waals surface area contributed by atoms with Crippen molar-refractivity contribution in [3.05, 3.63) is 138 Å². The molecule has 5 nitrogen and oxygen atoms in total. The molecule has 0 bridgehead atoms. The van der Waals surface area contributed by atoms with Crippen LogP contribution in [0.4, 0.5) is 0 Å². The largest absolute Gasteiger partial charge is 0.427 e. The van der Waals surface area contributed by atoms with Crippen LogP contribution in [0.15, 0.2) is 121 Å². The SMILES string of the molecule is CC(C)(O)C(C)(C)O[B]c1cccc(-c2cccc(C(N)NC3NC=C(c4ccccc4)C=C3c3ccccc3)c2)c1. The van der Waals surface area contributed by atoms with Crippen molar-refractivity contribution in [3.63, 3.8) is 0 Å². The predicted octanol–water partition coefficient (Wildman–Crippen LogP) is 5.77. The lowest BCUT2D eigenvalue weighted by Gasteiger charge is -2.37.